The highest BCUT2D eigenvalue weighted by molar-refractivity contribution is 5.85. The first kappa shape index (κ1) is 6.44. The minimum Gasteiger partial charge on any atom is -0.265 e. The maximum Gasteiger partial charge on any atom is 0.0267 e. The molecule has 0 saturated heterocycles. The topological polar surface area (TPSA) is 12.9 Å². The van der Waals surface area contributed by atoms with Crippen molar-refractivity contribution in [1.29, 1.82) is 0 Å². The van der Waals surface area contributed by atoms with E-state index in [0.29, 0.717) is 0 Å². The van der Waals surface area contributed by atoms with Crippen molar-refractivity contribution in [3.8, 4) is 0 Å². The van der Waals surface area contributed by atoms with Gasteiger partial charge in [0.1, 0.15) is 0 Å². The number of halogens is 1. The molecule has 1 heterocycles. The molecule has 0 fully saturated rings. The lowest BCUT2D eigenvalue weighted by molar-refractivity contribution is 1.33. The molecule has 0 saturated carbocycles. The molecule has 0 bridgehead atoms. The highest BCUT2D eigenvalue weighted by atomic mass is 35.5. The summed E-state index contributed by atoms with van der Waals surface area (Å²) in [6.07, 6.45) is 3.50. The number of pyridine rings is 1. The van der Waals surface area contributed by atoms with Gasteiger partial charge >= 0.3 is 0 Å². The lowest BCUT2D eigenvalue weighted by Crippen LogP contribution is -1.58. The van der Waals surface area contributed by atoms with Gasteiger partial charge in [-0.2, -0.15) is 0 Å². The summed E-state index contributed by atoms with van der Waals surface area (Å²) in [6, 6.07) is 5.72. The Bertz CT molecular complexity index is 80.0. The molecular weight excluding hydrogens is 110 g/mol. The van der Waals surface area contributed by atoms with Crippen LogP contribution in [0.3, 0.4) is 0 Å². The lowest BCUT2D eigenvalue weighted by Gasteiger charge is -1.70. The second kappa shape index (κ2) is 3.62. The minimum atomic E-state index is 0. The van der Waals surface area contributed by atoms with E-state index < -0.39 is 0 Å². The Hall–Kier alpha value is -0.560. The smallest absolute Gasteiger partial charge is 0.0267 e. The van der Waals surface area contributed by atoms with E-state index in [9.17, 15) is 0 Å². The molecule has 7 heavy (non-hydrogen) atoms. The van der Waals surface area contributed by atoms with Crippen molar-refractivity contribution in [2.75, 3.05) is 0 Å². The minimum absolute atomic E-state index is 0. The van der Waals surface area contributed by atoms with E-state index in [1.165, 1.54) is 0 Å². The van der Waals surface area contributed by atoms with E-state index in [-0.39, 0.29) is 12.4 Å². The van der Waals surface area contributed by atoms with Crippen LogP contribution in [0.15, 0.2) is 30.6 Å². The predicted octanol–water partition coefficient (Wildman–Crippen LogP) is 1.77. The zero-order chi connectivity index (χ0) is 4.24. The van der Waals surface area contributed by atoms with Crippen molar-refractivity contribution in [3.05, 3.63) is 30.6 Å². The van der Waals surface area contributed by atoms with Gasteiger partial charge in [-0.15, -0.1) is 0 Å². The molecule has 0 aromatic carbocycles. The summed E-state index contributed by atoms with van der Waals surface area (Å²) in [7, 11) is 0. The van der Waals surface area contributed by atoms with E-state index in [0.717, 1.165) is 0 Å². The van der Waals surface area contributed by atoms with E-state index in [1.54, 1.807) is 12.4 Å². The number of nitrogens with zero attached hydrogens (tertiary/aromatic N) is 1. The molecule has 0 spiro atoms. The van der Waals surface area contributed by atoms with Crippen LogP contribution in [0.25, 0.3) is 0 Å². The molecule has 1 nitrogen and oxygen atoms in total. The van der Waals surface area contributed by atoms with Crippen molar-refractivity contribution in [2.45, 2.75) is 0 Å². The van der Waals surface area contributed by atoms with Gasteiger partial charge in [0.05, 0.1) is 0 Å². The summed E-state index contributed by atoms with van der Waals surface area (Å²) >= 11 is 0. The Morgan fingerprint density at radius 2 is 1.43 bits per heavy atom. The Kier molecular flexibility index (Phi) is 3.33. The van der Waals surface area contributed by atoms with Crippen molar-refractivity contribution >= 4 is 12.4 Å². The second-order valence-electron chi connectivity index (χ2n) is 1.02. The first-order chi connectivity index (χ1) is 3.00. The zero-order valence-electron chi connectivity index (χ0n) is 3.71. The molecule has 37 valence electrons. The third kappa shape index (κ3) is 2.18. The van der Waals surface area contributed by atoms with Crippen LogP contribution in [0.1, 0.15) is 0 Å². The van der Waals surface area contributed by atoms with E-state index in [1.807, 2.05) is 18.2 Å². The van der Waals surface area contributed by atoms with Crippen LogP contribution in [0.4, 0.5) is 0 Å². The van der Waals surface area contributed by atoms with Crippen LogP contribution >= 0.6 is 12.4 Å². The molecule has 0 aliphatic heterocycles. The largest absolute Gasteiger partial charge is 0.265 e. The summed E-state index contributed by atoms with van der Waals surface area (Å²) < 4.78 is 0. The Balaban J connectivity index is 0.000000360. The van der Waals surface area contributed by atoms with Gasteiger partial charge in [0.15, 0.2) is 0 Å². The van der Waals surface area contributed by atoms with Gasteiger partial charge in [-0.25, -0.2) is 0 Å². The molecule has 0 N–H and O–H groups in total. The fourth-order valence-corrected chi connectivity index (χ4v) is 0.313. The highest BCUT2D eigenvalue weighted by Crippen LogP contribution is 1.73. The van der Waals surface area contributed by atoms with Gasteiger partial charge < -0.3 is 0 Å². The van der Waals surface area contributed by atoms with Gasteiger partial charge in [-0.05, 0) is 12.1 Å². The quantitative estimate of drug-likeness (QED) is 0.501. The summed E-state index contributed by atoms with van der Waals surface area (Å²) in [5.74, 6) is 0. The van der Waals surface area contributed by atoms with Gasteiger partial charge in [-0.3, -0.25) is 4.98 Å². The Morgan fingerprint density at radius 3 is 1.57 bits per heavy atom. The van der Waals surface area contributed by atoms with Crippen LogP contribution in [-0.2, 0) is 0 Å². The number of rotatable bonds is 0. The average Bonchev–Trinajstić information content (AvgIpc) is 1.72. The van der Waals surface area contributed by atoms with Crippen LogP contribution in [0.2, 0.25) is 0 Å². The third-order valence-corrected chi connectivity index (χ3v) is 0.566. The third-order valence-electron chi connectivity index (χ3n) is 0.566. The van der Waals surface area contributed by atoms with E-state index >= 15 is 0 Å². The predicted molar refractivity (Wildman–Crippen MR) is 30.1 cm³/mol. The van der Waals surface area contributed by atoms with Crippen molar-refractivity contribution in [2.24, 2.45) is 0 Å². The molecule has 1 aromatic rings. The zero-order valence-corrected chi connectivity index (χ0v) is 4.47. The number of aromatic nitrogens is 1. The molecular formula is C5H5ClN. The van der Waals surface area contributed by atoms with Crippen LogP contribution in [0.5, 0.6) is 0 Å². The van der Waals surface area contributed by atoms with E-state index in [2.05, 4.69) is 4.98 Å². The normalized spacial score (nSPS) is 6.86. The molecule has 1 rings (SSSR count). The lowest BCUT2D eigenvalue weighted by atomic mass is 10.5. The monoisotopic (exact) mass is 114 g/mol. The molecule has 1 radical (unpaired) electrons. The summed E-state index contributed by atoms with van der Waals surface area (Å²) in [6.45, 7) is 0. The van der Waals surface area contributed by atoms with Gasteiger partial charge in [0, 0.05) is 24.8 Å². The Labute approximate surface area is 48.8 Å². The molecule has 0 aliphatic rings. The Morgan fingerprint density at radius 1 is 0.857 bits per heavy atom. The highest BCUT2D eigenvalue weighted by Gasteiger charge is 1.58. The number of hydrogen-bond donors (Lipinski definition) is 0. The standard InChI is InChI=1S/C5H5N.Cl/c1-2-4-6-5-3-1;/h1-5H;. The molecule has 0 aliphatic carbocycles. The average molecular weight is 115 g/mol. The summed E-state index contributed by atoms with van der Waals surface area (Å²) in [4.78, 5) is 3.78. The van der Waals surface area contributed by atoms with Gasteiger partial charge in [-0.1, -0.05) is 6.07 Å². The first-order valence-electron chi connectivity index (χ1n) is 1.85. The van der Waals surface area contributed by atoms with E-state index in [4.69, 9.17) is 0 Å². The second-order valence-corrected chi connectivity index (χ2v) is 1.02. The fourth-order valence-electron chi connectivity index (χ4n) is 0.313. The first-order valence-corrected chi connectivity index (χ1v) is 1.85. The van der Waals surface area contributed by atoms with Crippen LogP contribution < -0.4 is 0 Å². The SMILES string of the molecule is [Cl].c1ccncc1. The molecule has 2 heteroatoms. The van der Waals surface area contributed by atoms with Crippen molar-refractivity contribution in [3.63, 3.8) is 0 Å². The van der Waals surface area contributed by atoms with Crippen molar-refractivity contribution in [1.82, 2.24) is 4.98 Å². The summed E-state index contributed by atoms with van der Waals surface area (Å²) in [5.41, 5.74) is 0. The van der Waals surface area contributed by atoms with Crippen molar-refractivity contribution < 1.29 is 0 Å². The number of hydrogen-bond acceptors (Lipinski definition) is 1. The molecule has 1 aromatic heterocycles. The van der Waals surface area contributed by atoms with Gasteiger partial charge in [0.2, 0.25) is 0 Å². The molecule has 0 amide bonds. The van der Waals surface area contributed by atoms with Gasteiger partial charge in [0.25, 0.3) is 0 Å². The fraction of sp³-hybridized carbons (Fsp3) is 0. The molecule has 0 unspecified atom stereocenters. The molecule has 0 atom stereocenters. The van der Waals surface area contributed by atoms with Crippen LogP contribution in [0, 0.1) is 0 Å². The maximum absolute atomic E-state index is 3.78. The van der Waals surface area contributed by atoms with Crippen LogP contribution in [-0.4, -0.2) is 4.98 Å². The maximum atomic E-state index is 3.78. The summed E-state index contributed by atoms with van der Waals surface area (Å²) in [5, 5.41) is 0.